The topological polar surface area (TPSA) is 114 Å². The Morgan fingerprint density at radius 2 is 2.25 bits per heavy atom. The Bertz CT molecular complexity index is 481. The van der Waals surface area contributed by atoms with E-state index in [1.165, 1.54) is 13.8 Å². The maximum atomic E-state index is 12.3. The van der Waals surface area contributed by atoms with Crippen molar-refractivity contribution >= 4 is 17.8 Å². The van der Waals surface area contributed by atoms with Gasteiger partial charge in [-0.3, -0.25) is 19.8 Å². The molecule has 9 nitrogen and oxygen atoms in total. The van der Waals surface area contributed by atoms with Crippen molar-refractivity contribution in [2.45, 2.75) is 32.8 Å². The second kappa shape index (κ2) is 5.16. The molecule has 0 aliphatic carbocycles. The summed E-state index contributed by atoms with van der Waals surface area (Å²) in [6.07, 6.45) is 1.45. The smallest absolute Gasteiger partial charge is 0.284 e. The molecule has 2 heterocycles. The lowest BCUT2D eigenvalue weighted by Crippen LogP contribution is -2.63. The monoisotopic (exact) mass is 284 g/mol. The first-order valence-corrected chi connectivity index (χ1v) is 6.30. The van der Waals surface area contributed by atoms with Crippen LogP contribution in [0.3, 0.4) is 0 Å². The molecular weight excluding hydrogens is 268 g/mol. The quantitative estimate of drug-likeness (QED) is 0.434. The lowest BCUT2D eigenvalue weighted by Gasteiger charge is -2.36. The lowest BCUT2D eigenvalue weighted by molar-refractivity contribution is -0.485. The predicted octanol–water partition coefficient (Wildman–Crippen LogP) is -0.302. The zero-order chi connectivity index (χ0) is 14.9. The largest absolute Gasteiger partial charge is 0.376 e. The molecule has 0 aromatic carbocycles. The van der Waals surface area contributed by atoms with Crippen molar-refractivity contribution in [3.63, 3.8) is 0 Å². The molecular formula is C11H16N4O5. The molecule has 2 fully saturated rings. The van der Waals surface area contributed by atoms with Crippen LogP contribution in [0.4, 0.5) is 0 Å². The number of nitrogens with zero attached hydrogens (tertiary/aromatic N) is 3. The number of rotatable bonds is 3. The molecule has 0 aromatic heterocycles. The molecule has 1 atom stereocenters. The third kappa shape index (κ3) is 2.62. The van der Waals surface area contributed by atoms with E-state index in [4.69, 9.17) is 4.74 Å². The molecule has 0 aromatic rings. The lowest BCUT2D eigenvalue weighted by atomic mass is 9.88. The molecule has 9 heteroatoms. The molecule has 20 heavy (non-hydrogen) atoms. The SMILES string of the molecule is CC1(C)C(=O)N/C(=N\[N+](=O)[O-])N(CC2CCCO2)C1=O. The fourth-order valence-electron chi connectivity index (χ4n) is 2.17. The van der Waals surface area contributed by atoms with Crippen LogP contribution in [0.2, 0.25) is 0 Å². The summed E-state index contributed by atoms with van der Waals surface area (Å²) in [6, 6.07) is 0. The van der Waals surface area contributed by atoms with Gasteiger partial charge in [0.1, 0.15) is 10.5 Å². The van der Waals surface area contributed by atoms with Gasteiger partial charge in [0.25, 0.3) is 5.96 Å². The van der Waals surface area contributed by atoms with Crippen molar-refractivity contribution < 1.29 is 19.4 Å². The summed E-state index contributed by atoms with van der Waals surface area (Å²) in [4.78, 5) is 35.8. The molecule has 0 bridgehead atoms. The Morgan fingerprint density at radius 3 is 2.80 bits per heavy atom. The summed E-state index contributed by atoms with van der Waals surface area (Å²) in [7, 11) is 0. The molecule has 2 saturated heterocycles. The number of carbonyl (C=O) groups is 2. The maximum Gasteiger partial charge on any atom is 0.284 e. The van der Waals surface area contributed by atoms with Crippen molar-refractivity contribution in [1.82, 2.24) is 10.2 Å². The Labute approximate surface area is 115 Å². The summed E-state index contributed by atoms with van der Waals surface area (Å²) < 4.78 is 5.42. The summed E-state index contributed by atoms with van der Waals surface area (Å²) in [5.74, 6) is -1.47. The van der Waals surface area contributed by atoms with Gasteiger partial charge in [0.2, 0.25) is 11.8 Å². The molecule has 2 aliphatic rings. The van der Waals surface area contributed by atoms with Gasteiger partial charge >= 0.3 is 0 Å². The van der Waals surface area contributed by atoms with Crippen LogP contribution < -0.4 is 5.32 Å². The van der Waals surface area contributed by atoms with Gasteiger partial charge in [-0.05, 0) is 26.7 Å². The summed E-state index contributed by atoms with van der Waals surface area (Å²) >= 11 is 0. The van der Waals surface area contributed by atoms with E-state index >= 15 is 0 Å². The number of hydrogen-bond acceptors (Lipinski definition) is 5. The van der Waals surface area contributed by atoms with Gasteiger partial charge < -0.3 is 4.74 Å². The molecule has 2 aliphatic heterocycles. The van der Waals surface area contributed by atoms with Crippen LogP contribution >= 0.6 is 0 Å². The summed E-state index contributed by atoms with van der Waals surface area (Å²) in [5, 5.41) is 15.0. The standard InChI is InChI=1S/C11H16N4O5/c1-11(2)8(16)12-10(13-15(18)19)14(9(11)17)6-7-4-3-5-20-7/h7H,3-6H2,1-2H3,(H,12,13,16). The maximum absolute atomic E-state index is 12.3. The highest BCUT2D eigenvalue weighted by Gasteiger charge is 2.47. The fourth-order valence-corrected chi connectivity index (χ4v) is 2.17. The first-order valence-electron chi connectivity index (χ1n) is 6.30. The summed E-state index contributed by atoms with van der Waals surface area (Å²) in [6.45, 7) is 3.69. The predicted molar refractivity (Wildman–Crippen MR) is 67.0 cm³/mol. The van der Waals surface area contributed by atoms with Crippen molar-refractivity contribution in [2.75, 3.05) is 13.2 Å². The van der Waals surface area contributed by atoms with E-state index in [1.807, 2.05) is 0 Å². The van der Waals surface area contributed by atoms with Crippen LogP contribution in [0.25, 0.3) is 0 Å². The highest BCUT2D eigenvalue weighted by atomic mass is 16.7. The molecule has 110 valence electrons. The number of ether oxygens (including phenoxy) is 1. The first kappa shape index (κ1) is 14.4. The zero-order valence-corrected chi connectivity index (χ0v) is 11.3. The number of carbonyl (C=O) groups excluding carboxylic acids is 2. The van der Waals surface area contributed by atoms with E-state index in [2.05, 4.69) is 10.4 Å². The van der Waals surface area contributed by atoms with E-state index in [1.54, 1.807) is 0 Å². The van der Waals surface area contributed by atoms with Gasteiger partial charge in [0, 0.05) is 6.61 Å². The second-order valence-corrected chi connectivity index (χ2v) is 5.29. The number of nitrogens with one attached hydrogen (secondary N) is 1. The Morgan fingerprint density at radius 1 is 1.55 bits per heavy atom. The minimum Gasteiger partial charge on any atom is -0.376 e. The van der Waals surface area contributed by atoms with E-state index < -0.39 is 22.3 Å². The van der Waals surface area contributed by atoms with Gasteiger partial charge in [-0.1, -0.05) is 0 Å². The summed E-state index contributed by atoms with van der Waals surface area (Å²) in [5.41, 5.74) is -1.28. The zero-order valence-electron chi connectivity index (χ0n) is 11.3. The van der Waals surface area contributed by atoms with Crippen LogP contribution in [0.15, 0.2) is 5.10 Å². The van der Waals surface area contributed by atoms with Gasteiger partial charge in [0.15, 0.2) is 5.03 Å². The molecule has 0 saturated carbocycles. The highest BCUT2D eigenvalue weighted by Crippen LogP contribution is 2.25. The van der Waals surface area contributed by atoms with Gasteiger partial charge in [-0.15, -0.1) is 0 Å². The highest BCUT2D eigenvalue weighted by molar-refractivity contribution is 6.19. The third-order valence-corrected chi connectivity index (χ3v) is 3.42. The van der Waals surface area contributed by atoms with Gasteiger partial charge in [-0.25, -0.2) is 10.1 Å². The number of guanidine groups is 1. The van der Waals surface area contributed by atoms with E-state index in [0.717, 1.165) is 17.7 Å². The Kier molecular flexibility index (Phi) is 3.71. The van der Waals surface area contributed by atoms with Crippen LogP contribution in [0.1, 0.15) is 26.7 Å². The number of nitro groups is 1. The van der Waals surface area contributed by atoms with E-state index in [-0.39, 0.29) is 18.6 Å². The molecule has 1 unspecified atom stereocenters. The van der Waals surface area contributed by atoms with Crippen LogP contribution in [-0.4, -0.2) is 47.0 Å². The third-order valence-electron chi connectivity index (χ3n) is 3.42. The Hall–Kier alpha value is -2.03. The van der Waals surface area contributed by atoms with Crippen LogP contribution in [0.5, 0.6) is 0 Å². The van der Waals surface area contributed by atoms with Crippen molar-refractivity contribution in [2.24, 2.45) is 10.5 Å². The van der Waals surface area contributed by atoms with E-state index in [9.17, 15) is 19.7 Å². The molecule has 2 amide bonds. The molecule has 2 rings (SSSR count). The fraction of sp³-hybridized carbons (Fsp3) is 0.727. The molecule has 0 radical (unpaired) electrons. The van der Waals surface area contributed by atoms with Gasteiger partial charge in [-0.2, -0.15) is 0 Å². The minimum atomic E-state index is -1.28. The second-order valence-electron chi connectivity index (χ2n) is 5.29. The van der Waals surface area contributed by atoms with Gasteiger partial charge in [0.05, 0.1) is 12.6 Å². The van der Waals surface area contributed by atoms with Crippen molar-refractivity contribution in [3.05, 3.63) is 10.1 Å². The van der Waals surface area contributed by atoms with Crippen molar-refractivity contribution in [3.8, 4) is 0 Å². The van der Waals surface area contributed by atoms with Crippen LogP contribution in [0, 0.1) is 15.5 Å². The molecule has 0 spiro atoms. The first-order chi connectivity index (χ1) is 9.32. The number of hydrazone groups is 1. The number of hydrogen-bond donors (Lipinski definition) is 1. The normalized spacial score (nSPS) is 27.8. The van der Waals surface area contributed by atoms with Crippen molar-refractivity contribution in [1.29, 1.82) is 0 Å². The van der Waals surface area contributed by atoms with Crippen LogP contribution in [-0.2, 0) is 14.3 Å². The molecule has 1 N–H and O–H groups in total. The number of amides is 2. The Balaban J connectivity index is 2.27. The average Bonchev–Trinajstić information content (AvgIpc) is 2.84. The minimum absolute atomic E-state index is 0.148. The van der Waals surface area contributed by atoms with E-state index in [0.29, 0.717) is 6.61 Å². The average molecular weight is 284 g/mol.